The number of rotatable bonds is 4. The molecule has 0 fully saturated rings. The molecule has 0 aliphatic heterocycles. The minimum Gasteiger partial charge on any atom is -0.510 e. The van der Waals surface area contributed by atoms with Gasteiger partial charge in [-0.15, -0.1) is 5.11 Å². The fourth-order valence-corrected chi connectivity index (χ4v) is 7.00. The number of hydrogen-bond acceptors (Lipinski definition) is 13. The van der Waals surface area contributed by atoms with Crippen LogP contribution in [0, 0.1) is 10.4 Å². The number of benzene rings is 1. The molecule has 4 aliphatic rings. The second-order valence-corrected chi connectivity index (χ2v) is 11.6. The Balaban J connectivity index is 1.41. The van der Waals surface area contributed by atoms with Gasteiger partial charge in [0.1, 0.15) is 34.9 Å². The van der Waals surface area contributed by atoms with E-state index in [4.69, 9.17) is 16.3 Å². The number of halogens is 4. The molecule has 49 heavy (non-hydrogen) atoms. The lowest BCUT2D eigenvalue weighted by Crippen LogP contribution is -2.51. The highest BCUT2D eigenvalue weighted by molar-refractivity contribution is 6.37. The van der Waals surface area contributed by atoms with Gasteiger partial charge in [-0.2, -0.15) is 18.3 Å². The number of methoxy groups -OCH3 is 1. The second kappa shape index (κ2) is 10.5. The normalized spacial score (nSPS) is 17.2. The Morgan fingerprint density at radius 3 is 2.33 bits per heavy atom. The molecule has 3 aromatic rings. The fraction of sp³-hybridized carbons (Fsp3) is 0.194. The number of fused-ring (bicyclic) bond motifs is 4. The van der Waals surface area contributed by atoms with Gasteiger partial charge in [0, 0.05) is 28.9 Å². The van der Waals surface area contributed by atoms with E-state index in [2.05, 4.69) is 25.2 Å². The van der Waals surface area contributed by atoms with Crippen LogP contribution >= 0.6 is 11.6 Å². The predicted molar refractivity (Wildman–Crippen MR) is 164 cm³/mol. The van der Waals surface area contributed by atoms with Crippen molar-refractivity contribution in [3.63, 3.8) is 0 Å². The van der Waals surface area contributed by atoms with Crippen LogP contribution in [0.3, 0.4) is 0 Å². The largest absolute Gasteiger partial charge is 0.510 e. The molecule has 0 saturated carbocycles. The lowest BCUT2D eigenvalue weighted by atomic mass is 9.78. The number of aliphatic hydroxyl groups excluding tert-OH is 2. The van der Waals surface area contributed by atoms with Crippen LogP contribution in [-0.4, -0.2) is 37.4 Å². The van der Waals surface area contributed by atoms with Gasteiger partial charge < -0.3 is 25.0 Å². The number of phenols is 1. The number of azo groups is 1. The number of aromatic amines is 1. The molecule has 0 unspecified atom stereocenters. The predicted octanol–water partition coefficient (Wildman–Crippen LogP) is 1.26. The summed E-state index contributed by atoms with van der Waals surface area (Å²) in [6.45, 7) is -0.387. The van der Waals surface area contributed by atoms with E-state index in [-0.39, 0.29) is 46.6 Å². The first kappa shape index (κ1) is 31.6. The van der Waals surface area contributed by atoms with Gasteiger partial charge in [0.15, 0.2) is 11.2 Å². The van der Waals surface area contributed by atoms with Gasteiger partial charge in [0.2, 0.25) is 16.3 Å². The van der Waals surface area contributed by atoms with Gasteiger partial charge in [-0.25, -0.2) is 9.97 Å². The smallest absolute Gasteiger partial charge is 0.433 e. The van der Waals surface area contributed by atoms with Gasteiger partial charge in [-0.1, -0.05) is 11.6 Å². The maximum absolute atomic E-state index is 13.7. The summed E-state index contributed by atoms with van der Waals surface area (Å²) in [5, 5.41) is 38.4. The lowest BCUT2D eigenvalue weighted by molar-refractivity contribution is -0.141. The SMILES string of the molecule is COc1cc(=O)c2c(=O)c3c(c(=O)c=2c1=O)=C(O)[C@]1(CCc2c1c(O)c1c(=O)[nH]c(CN=Nc4nccc(C(F)(F)F)n4)cc1c2Cl)C=3O. The summed E-state index contributed by atoms with van der Waals surface area (Å²) >= 11 is 6.74. The van der Waals surface area contributed by atoms with Gasteiger partial charge in [0.25, 0.3) is 11.5 Å². The number of pyridine rings is 1. The average Bonchev–Trinajstić information content (AvgIpc) is 3.56. The highest BCUT2D eigenvalue weighted by Crippen LogP contribution is 2.56. The first-order chi connectivity index (χ1) is 23.1. The molecule has 1 spiro atoms. The third-order valence-corrected chi connectivity index (χ3v) is 9.18. The van der Waals surface area contributed by atoms with E-state index in [1.165, 1.54) is 6.07 Å². The van der Waals surface area contributed by atoms with Crippen LogP contribution in [0.5, 0.6) is 11.5 Å². The molecule has 248 valence electrons. The van der Waals surface area contributed by atoms with E-state index >= 15 is 0 Å². The maximum Gasteiger partial charge on any atom is 0.433 e. The summed E-state index contributed by atoms with van der Waals surface area (Å²) in [6, 6.07) is 2.70. The van der Waals surface area contributed by atoms with Crippen LogP contribution < -0.4 is 42.4 Å². The zero-order chi connectivity index (χ0) is 35.3. The van der Waals surface area contributed by atoms with Gasteiger partial charge in [0.05, 0.1) is 38.4 Å². The maximum atomic E-state index is 13.7. The first-order valence-electron chi connectivity index (χ1n) is 14.1. The minimum atomic E-state index is -4.74. The Labute approximate surface area is 271 Å². The van der Waals surface area contributed by atoms with Crippen molar-refractivity contribution in [1.82, 2.24) is 15.0 Å². The Morgan fingerprint density at radius 1 is 1.00 bits per heavy atom. The number of ether oxygens (including phenoxy) is 1. The third kappa shape index (κ3) is 4.24. The molecule has 18 heteroatoms. The summed E-state index contributed by atoms with van der Waals surface area (Å²) in [4.78, 5) is 75.7. The molecule has 0 bridgehead atoms. The van der Waals surface area contributed by atoms with E-state index in [0.29, 0.717) is 6.07 Å². The number of H-pyrrole nitrogens is 1. The lowest BCUT2D eigenvalue weighted by Gasteiger charge is -2.27. The molecular weight excluding hydrogens is 679 g/mol. The Hall–Kier alpha value is -5.97. The Bertz CT molecular complexity index is 2850. The van der Waals surface area contributed by atoms with Crippen molar-refractivity contribution in [2.45, 2.75) is 31.0 Å². The van der Waals surface area contributed by atoms with E-state index in [1.54, 1.807) is 0 Å². The van der Waals surface area contributed by atoms with Crippen molar-refractivity contribution < 1.29 is 33.2 Å². The highest BCUT2D eigenvalue weighted by atomic mass is 35.5. The quantitative estimate of drug-likeness (QED) is 0.196. The molecule has 1 aromatic carbocycles. The molecule has 2 aromatic heterocycles. The van der Waals surface area contributed by atoms with Crippen molar-refractivity contribution in [1.29, 1.82) is 0 Å². The van der Waals surface area contributed by atoms with Crippen molar-refractivity contribution in [3.05, 3.63) is 124 Å². The third-order valence-electron chi connectivity index (χ3n) is 8.75. The summed E-state index contributed by atoms with van der Waals surface area (Å²) < 4.78 is 43.7. The van der Waals surface area contributed by atoms with E-state index in [0.717, 1.165) is 19.4 Å². The van der Waals surface area contributed by atoms with Crippen LogP contribution in [0.4, 0.5) is 19.1 Å². The summed E-state index contributed by atoms with van der Waals surface area (Å²) in [5.74, 6) is -3.64. The first-order valence-corrected chi connectivity index (χ1v) is 14.4. The zero-order valence-electron chi connectivity index (χ0n) is 24.5. The van der Waals surface area contributed by atoms with Crippen LogP contribution in [0.15, 0.2) is 58.6 Å². The Morgan fingerprint density at radius 2 is 1.67 bits per heavy atom. The summed E-state index contributed by atoms with van der Waals surface area (Å²) in [5.41, 5.74) is -8.95. The van der Waals surface area contributed by atoms with Gasteiger partial charge in [-0.3, -0.25) is 24.0 Å². The molecule has 0 amide bonds. The van der Waals surface area contributed by atoms with Crippen molar-refractivity contribution >= 4 is 39.8 Å². The number of aromatic hydroxyl groups is 1. The standard InChI is InChI=1S/C31H17ClF3N5O9/c1-49-13-7-12(41)16-17(22(13)42)24(44)19-18(23(16)43)26(46)30(27(19)47)4-2-10-20(30)25(45)15-11(21(10)32)6-9(38-28(15)48)8-37-40-29-36-5-3-14(39-29)31(33,34)35/h3,5-7,45-47H,2,4,8H2,1H3,(H,38,48)/t30-/m0/s1. The number of alkyl halides is 3. The van der Waals surface area contributed by atoms with E-state index in [9.17, 15) is 52.5 Å². The van der Waals surface area contributed by atoms with Crippen molar-refractivity contribution in [2.24, 2.45) is 10.2 Å². The van der Waals surface area contributed by atoms with E-state index in [1.807, 2.05) is 0 Å². The minimum absolute atomic E-state index is 0.00687. The summed E-state index contributed by atoms with van der Waals surface area (Å²) in [6.07, 6.45) is -4.22. The highest BCUT2D eigenvalue weighted by Gasteiger charge is 2.53. The number of phenolic OH excluding ortho intramolecular Hbond substituents is 1. The number of aromatic nitrogens is 3. The second-order valence-electron chi connectivity index (χ2n) is 11.2. The number of nitrogens with zero attached hydrogens (tertiary/aromatic N) is 4. The molecule has 2 heterocycles. The zero-order valence-corrected chi connectivity index (χ0v) is 25.3. The van der Waals surface area contributed by atoms with Crippen molar-refractivity contribution in [3.8, 4) is 11.5 Å². The van der Waals surface area contributed by atoms with E-state index < -0.39 is 99.8 Å². The molecular formula is C31H17ClF3N5O9. The van der Waals surface area contributed by atoms with Crippen LogP contribution in [0.1, 0.15) is 28.9 Å². The van der Waals surface area contributed by atoms with Crippen molar-refractivity contribution in [2.75, 3.05) is 7.11 Å². The van der Waals surface area contributed by atoms with Crippen LogP contribution in [-0.2, 0) is 24.6 Å². The van der Waals surface area contributed by atoms with Gasteiger partial charge >= 0.3 is 6.18 Å². The fourth-order valence-electron chi connectivity index (χ4n) is 6.66. The average molecular weight is 696 g/mol. The number of nitrogens with one attached hydrogen (secondary N) is 1. The number of hydrogen-bond donors (Lipinski definition) is 4. The van der Waals surface area contributed by atoms with Crippen LogP contribution in [0.2, 0.25) is 5.02 Å². The topological polar surface area (TPSA) is 222 Å². The molecule has 7 rings (SSSR count). The Kier molecular flexibility index (Phi) is 6.79. The number of aliphatic hydroxyl groups is 2. The van der Waals surface area contributed by atoms with Gasteiger partial charge in [-0.05, 0) is 30.5 Å². The monoisotopic (exact) mass is 695 g/mol. The molecule has 4 aliphatic carbocycles. The molecule has 4 N–H and O–H groups in total. The summed E-state index contributed by atoms with van der Waals surface area (Å²) in [7, 11) is 1.08. The molecule has 0 saturated heterocycles. The molecule has 14 nitrogen and oxygen atoms in total. The molecule has 1 atom stereocenters. The van der Waals surface area contributed by atoms with Crippen LogP contribution in [0.25, 0.3) is 22.3 Å². The molecule has 0 radical (unpaired) electrons.